The Morgan fingerprint density at radius 1 is 1.18 bits per heavy atom. The lowest BCUT2D eigenvalue weighted by Crippen LogP contribution is -1.98. The molecule has 88 valence electrons. The summed E-state index contributed by atoms with van der Waals surface area (Å²) in [6.45, 7) is 1.85. The molecule has 0 unspecified atom stereocenters. The summed E-state index contributed by atoms with van der Waals surface area (Å²) in [7, 11) is 0. The number of anilines is 3. The fourth-order valence-electron chi connectivity index (χ4n) is 1.37. The van der Waals surface area contributed by atoms with Gasteiger partial charge in [-0.15, -0.1) is 0 Å². The van der Waals surface area contributed by atoms with E-state index in [2.05, 4.69) is 10.3 Å². The van der Waals surface area contributed by atoms with Crippen molar-refractivity contribution >= 4 is 40.4 Å². The van der Waals surface area contributed by atoms with Gasteiger partial charge in [0.2, 0.25) is 0 Å². The lowest BCUT2D eigenvalue weighted by atomic mass is 10.3. The molecule has 0 amide bonds. The Labute approximate surface area is 110 Å². The first-order valence-corrected chi connectivity index (χ1v) is 5.77. The van der Waals surface area contributed by atoms with Crippen molar-refractivity contribution in [2.24, 2.45) is 0 Å². The molecule has 0 fully saturated rings. The van der Waals surface area contributed by atoms with Crippen LogP contribution in [-0.4, -0.2) is 4.98 Å². The van der Waals surface area contributed by atoms with E-state index in [0.29, 0.717) is 21.6 Å². The number of hydrogen-bond acceptors (Lipinski definition) is 3. The molecule has 0 aliphatic heterocycles. The summed E-state index contributed by atoms with van der Waals surface area (Å²) >= 11 is 11.9. The molecule has 1 aromatic carbocycles. The van der Waals surface area contributed by atoms with Gasteiger partial charge in [-0.1, -0.05) is 23.2 Å². The van der Waals surface area contributed by atoms with E-state index in [-0.39, 0.29) is 0 Å². The number of nitrogen functional groups attached to an aromatic ring is 1. The minimum absolute atomic E-state index is 0.589. The maximum atomic E-state index is 6.04. The fraction of sp³-hybridized carbons (Fsp3) is 0.0833. The minimum atomic E-state index is 0.589. The summed E-state index contributed by atoms with van der Waals surface area (Å²) < 4.78 is 0. The number of pyridine rings is 1. The molecule has 1 heterocycles. The quantitative estimate of drug-likeness (QED) is 0.864. The van der Waals surface area contributed by atoms with E-state index in [0.717, 1.165) is 11.4 Å². The van der Waals surface area contributed by atoms with Crippen LogP contribution in [0.4, 0.5) is 17.2 Å². The lowest BCUT2D eigenvalue weighted by molar-refractivity contribution is 1.20. The lowest BCUT2D eigenvalue weighted by Gasteiger charge is -2.09. The number of nitrogens with one attached hydrogen (secondary N) is 1. The molecular weight excluding hydrogens is 257 g/mol. The van der Waals surface area contributed by atoms with Crippen molar-refractivity contribution in [2.75, 3.05) is 11.1 Å². The second-order valence-corrected chi connectivity index (χ2v) is 4.46. The molecule has 17 heavy (non-hydrogen) atoms. The van der Waals surface area contributed by atoms with Gasteiger partial charge in [0, 0.05) is 5.02 Å². The highest BCUT2D eigenvalue weighted by Gasteiger charge is 2.03. The standard InChI is InChI=1S/C12H11Cl2N3/c1-7-10(15)4-5-12(16-7)17-11-6-8(13)2-3-9(11)14/h2-6H,15H2,1H3,(H,16,17). The zero-order valence-corrected chi connectivity index (χ0v) is 10.7. The smallest absolute Gasteiger partial charge is 0.130 e. The second-order valence-electron chi connectivity index (χ2n) is 3.62. The van der Waals surface area contributed by atoms with E-state index in [1.807, 2.05) is 6.92 Å². The average Bonchev–Trinajstić information content (AvgIpc) is 2.29. The Morgan fingerprint density at radius 2 is 1.94 bits per heavy atom. The Morgan fingerprint density at radius 3 is 2.65 bits per heavy atom. The molecule has 2 aromatic rings. The molecule has 0 atom stereocenters. The van der Waals surface area contributed by atoms with Crippen molar-refractivity contribution in [3.8, 4) is 0 Å². The number of halogens is 2. The van der Waals surface area contributed by atoms with E-state index in [9.17, 15) is 0 Å². The van der Waals surface area contributed by atoms with Crippen LogP contribution in [0.25, 0.3) is 0 Å². The number of nitrogens with zero attached hydrogens (tertiary/aromatic N) is 1. The van der Waals surface area contributed by atoms with Crippen LogP contribution in [0, 0.1) is 6.92 Å². The van der Waals surface area contributed by atoms with Gasteiger partial charge in [-0.3, -0.25) is 0 Å². The molecule has 0 radical (unpaired) electrons. The monoisotopic (exact) mass is 267 g/mol. The van der Waals surface area contributed by atoms with Gasteiger partial charge in [-0.25, -0.2) is 4.98 Å². The van der Waals surface area contributed by atoms with Crippen LogP contribution in [0.2, 0.25) is 10.0 Å². The molecule has 0 saturated heterocycles. The van der Waals surface area contributed by atoms with Crippen LogP contribution in [0.1, 0.15) is 5.69 Å². The predicted molar refractivity (Wildman–Crippen MR) is 73.1 cm³/mol. The van der Waals surface area contributed by atoms with Gasteiger partial charge in [0.1, 0.15) is 5.82 Å². The average molecular weight is 268 g/mol. The largest absolute Gasteiger partial charge is 0.397 e. The third-order valence-corrected chi connectivity index (χ3v) is 2.88. The van der Waals surface area contributed by atoms with Gasteiger partial charge in [-0.2, -0.15) is 0 Å². The molecule has 0 spiro atoms. The summed E-state index contributed by atoms with van der Waals surface area (Å²) in [6, 6.07) is 8.80. The van der Waals surface area contributed by atoms with Gasteiger partial charge < -0.3 is 11.1 Å². The van der Waals surface area contributed by atoms with Crippen LogP contribution >= 0.6 is 23.2 Å². The zero-order chi connectivity index (χ0) is 12.4. The van der Waals surface area contributed by atoms with Crippen molar-refractivity contribution in [3.63, 3.8) is 0 Å². The normalized spacial score (nSPS) is 10.3. The fourth-order valence-corrected chi connectivity index (χ4v) is 1.71. The van der Waals surface area contributed by atoms with Crippen LogP contribution < -0.4 is 11.1 Å². The molecular formula is C12H11Cl2N3. The van der Waals surface area contributed by atoms with E-state index < -0.39 is 0 Å². The molecule has 2 rings (SSSR count). The van der Waals surface area contributed by atoms with E-state index >= 15 is 0 Å². The van der Waals surface area contributed by atoms with Crippen molar-refractivity contribution < 1.29 is 0 Å². The highest BCUT2D eigenvalue weighted by atomic mass is 35.5. The number of hydrogen-bond donors (Lipinski definition) is 2. The van der Waals surface area contributed by atoms with Gasteiger partial charge in [-0.05, 0) is 37.3 Å². The number of aryl methyl sites for hydroxylation is 1. The van der Waals surface area contributed by atoms with Crippen LogP contribution in [0.3, 0.4) is 0 Å². The summed E-state index contributed by atoms with van der Waals surface area (Å²) in [5.41, 5.74) is 7.85. The third-order valence-electron chi connectivity index (χ3n) is 2.32. The van der Waals surface area contributed by atoms with Crippen LogP contribution in [0.15, 0.2) is 30.3 Å². The SMILES string of the molecule is Cc1nc(Nc2cc(Cl)ccc2Cl)ccc1N. The molecule has 5 heteroatoms. The Balaban J connectivity index is 2.31. The van der Waals surface area contributed by atoms with E-state index in [1.54, 1.807) is 30.3 Å². The zero-order valence-electron chi connectivity index (χ0n) is 9.17. The molecule has 0 saturated carbocycles. The van der Waals surface area contributed by atoms with Crippen molar-refractivity contribution in [1.82, 2.24) is 4.98 Å². The predicted octanol–water partition coefficient (Wildman–Crippen LogP) is 4.02. The first-order chi connectivity index (χ1) is 8.06. The number of rotatable bonds is 2. The summed E-state index contributed by atoms with van der Waals surface area (Å²) in [5.74, 6) is 0.681. The summed E-state index contributed by atoms with van der Waals surface area (Å²) in [6.07, 6.45) is 0. The van der Waals surface area contributed by atoms with Gasteiger partial charge in [0.25, 0.3) is 0 Å². The van der Waals surface area contributed by atoms with Gasteiger partial charge >= 0.3 is 0 Å². The van der Waals surface area contributed by atoms with E-state index in [1.165, 1.54) is 0 Å². The first-order valence-electron chi connectivity index (χ1n) is 5.01. The third kappa shape index (κ3) is 2.81. The Hall–Kier alpha value is -1.45. The van der Waals surface area contributed by atoms with Crippen molar-refractivity contribution in [2.45, 2.75) is 6.92 Å². The maximum absolute atomic E-state index is 6.04. The molecule has 0 aliphatic carbocycles. The number of nitrogens with two attached hydrogens (primary N) is 1. The second kappa shape index (κ2) is 4.82. The maximum Gasteiger partial charge on any atom is 0.130 e. The minimum Gasteiger partial charge on any atom is -0.397 e. The summed E-state index contributed by atoms with van der Waals surface area (Å²) in [4.78, 5) is 4.30. The van der Waals surface area contributed by atoms with Crippen molar-refractivity contribution in [1.29, 1.82) is 0 Å². The van der Waals surface area contributed by atoms with Gasteiger partial charge in [0.05, 0.1) is 22.1 Å². The highest BCUT2D eigenvalue weighted by molar-refractivity contribution is 6.35. The Bertz CT molecular complexity index is 555. The van der Waals surface area contributed by atoms with Crippen LogP contribution in [-0.2, 0) is 0 Å². The Kier molecular flexibility index (Phi) is 3.41. The molecule has 3 nitrogen and oxygen atoms in total. The first kappa shape index (κ1) is 12.0. The molecule has 0 aliphatic rings. The molecule has 3 N–H and O–H groups in total. The van der Waals surface area contributed by atoms with Crippen molar-refractivity contribution in [3.05, 3.63) is 46.1 Å². The van der Waals surface area contributed by atoms with Gasteiger partial charge in [0.15, 0.2) is 0 Å². The number of benzene rings is 1. The number of aromatic nitrogens is 1. The molecule has 0 bridgehead atoms. The van der Waals surface area contributed by atoms with E-state index in [4.69, 9.17) is 28.9 Å². The van der Waals surface area contributed by atoms with Crippen LogP contribution in [0.5, 0.6) is 0 Å². The highest BCUT2D eigenvalue weighted by Crippen LogP contribution is 2.28. The molecule has 1 aromatic heterocycles. The topological polar surface area (TPSA) is 50.9 Å². The summed E-state index contributed by atoms with van der Waals surface area (Å²) in [5, 5.41) is 4.30.